The van der Waals surface area contributed by atoms with Gasteiger partial charge >= 0.3 is 0 Å². The molecule has 3 nitrogen and oxygen atoms in total. The van der Waals surface area contributed by atoms with E-state index in [1.54, 1.807) is 0 Å². The standard InChI is InChI=1S/C18H17NO2/c1-12-11-19-16(15-10-6-5-9-14(12)15)17(18(19)20)21-13-7-3-2-4-8-13/h2-10,12,16-17H,11H2,1H3/t12-,16+,17-/m0/s1. The average molecular weight is 279 g/mol. The molecule has 1 fully saturated rings. The van der Waals surface area contributed by atoms with Crippen LogP contribution in [0.5, 0.6) is 5.75 Å². The summed E-state index contributed by atoms with van der Waals surface area (Å²) in [6.45, 7) is 2.96. The van der Waals surface area contributed by atoms with Crippen LogP contribution in [0, 0.1) is 0 Å². The molecule has 0 radical (unpaired) electrons. The molecule has 2 aliphatic heterocycles. The van der Waals surface area contributed by atoms with Gasteiger partial charge in [-0.2, -0.15) is 0 Å². The Morgan fingerprint density at radius 2 is 1.67 bits per heavy atom. The molecule has 2 aromatic carbocycles. The number of fused-ring (bicyclic) bond motifs is 3. The second-order valence-electron chi connectivity index (χ2n) is 5.82. The van der Waals surface area contributed by atoms with E-state index < -0.39 is 0 Å². The normalized spacial score (nSPS) is 26.6. The first-order valence-electron chi connectivity index (χ1n) is 7.36. The molecular formula is C18H17NO2. The zero-order valence-electron chi connectivity index (χ0n) is 11.9. The molecule has 0 N–H and O–H groups in total. The lowest BCUT2D eigenvalue weighted by Gasteiger charge is -2.51. The number of carbonyl (C=O) groups is 1. The van der Waals surface area contributed by atoms with Gasteiger partial charge in [-0.3, -0.25) is 4.79 Å². The number of ether oxygens (including phenoxy) is 1. The van der Waals surface area contributed by atoms with Crippen LogP contribution < -0.4 is 4.74 Å². The zero-order valence-corrected chi connectivity index (χ0v) is 11.9. The van der Waals surface area contributed by atoms with Crippen LogP contribution in [0.4, 0.5) is 0 Å². The summed E-state index contributed by atoms with van der Waals surface area (Å²) >= 11 is 0. The molecule has 4 rings (SSSR count). The largest absolute Gasteiger partial charge is 0.478 e. The van der Waals surface area contributed by atoms with Crippen molar-refractivity contribution in [1.82, 2.24) is 4.90 Å². The monoisotopic (exact) mass is 279 g/mol. The highest BCUT2D eigenvalue weighted by molar-refractivity contribution is 5.90. The molecule has 1 amide bonds. The first-order chi connectivity index (χ1) is 10.3. The predicted molar refractivity (Wildman–Crippen MR) is 80.2 cm³/mol. The quantitative estimate of drug-likeness (QED) is 0.790. The fraction of sp³-hybridized carbons (Fsp3) is 0.278. The molecule has 0 aromatic heterocycles. The maximum absolute atomic E-state index is 12.4. The van der Waals surface area contributed by atoms with E-state index in [-0.39, 0.29) is 18.1 Å². The smallest absolute Gasteiger partial charge is 0.266 e. The number of carbonyl (C=O) groups excluding carboxylic acids is 1. The predicted octanol–water partition coefficient (Wildman–Crippen LogP) is 3.13. The highest BCUT2D eigenvalue weighted by Crippen LogP contribution is 2.45. The van der Waals surface area contributed by atoms with Gasteiger partial charge in [-0.15, -0.1) is 0 Å². The van der Waals surface area contributed by atoms with E-state index in [0.29, 0.717) is 5.92 Å². The highest BCUT2D eigenvalue weighted by Gasteiger charge is 2.53. The summed E-state index contributed by atoms with van der Waals surface area (Å²) in [4.78, 5) is 14.3. The van der Waals surface area contributed by atoms with Gasteiger partial charge in [0.1, 0.15) is 11.8 Å². The van der Waals surface area contributed by atoms with E-state index in [2.05, 4.69) is 25.1 Å². The summed E-state index contributed by atoms with van der Waals surface area (Å²) in [7, 11) is 0. The summed E-state index contributed by atoms with van der Waals surface area (Å²) in [5.41, 5.74) is 2.57. The Kier molecular flexibility index (Phi) is 2.74. The van der Waals surface area contributed by atoms with E-state index in [1.165, 1.54) is 11.1 Å². The Morgan fingerprint density at radius 1 is 1.00 bits per heavy atom. The van der Waals surface area contributed by atoms with Gasteiger partial charge < -0.3 is 9.64 Å². The number of hydrogen-bond donors (Lipinski definition) is 0. The number of amides is 1. The number of nitrogens with zero attached hydrogens (tertiary/aromatic N) is 1. The minimum absolute atomic E-state index is 0.0603. The molecule has 2 aromatic rings. The molecule has 21 heavy (non-hydrogen) atoms. The van der Waals surface area contributed by atoms with E-state index in [1.807, 2.05) is 41.3 Å². The summed E-state index contributed by atoms with van der Waals surface area (Å²) in [6, 6.07) is 18.0. The molecule has 0 saturated carbocycles. The summed E-state index contributed by atoms with van der Waals surface area (Å²) < 4.78 is 5.93. The van der Waals surface area contributed by atoms with Crippen LogP contribution in [0.1, 0.15) is 30.0 Å². The van der Waals surface area contributed by atoms with Gasteiger partial charge in [0.2, 0.25) is 6.10 Å². The molecule has 3 atom stereocenters. The van der Waals surface area contributed by atoms with Crippen molar-refractivity contribution < 1.29 is 9.53 Å². The highest BCUT2D eigenvalue weighted by atomic mass is 16.5. The molecule has 1 saturated heterocycles. The SMILES string of the molecule is C[C@H]1CN2C(=O)[C@@H](Oc3ccccc3)[C@H]2c2ccccc21. The van der Waals surface area contributed by atoms with Crippen LogP contribution in [-0.2, 0) is 4.79 Å². The van der Waals surface area contributed by atoms with Gasteiger partial charge in [-0.05, 0) is 29.2 Å². The third kappa shape index (κ3) is 1.84. The molecule has 0 unspecified atom stereocenters. The molecule has 2 aliphatic rings. The maximum Gasteiger partial charge on any atom is 0.266 e. The van der Waals surface area contributed by atoms with Gasteiger partial charge in [-0.25, -0.2) is 0 Å². The summed E-state index contributed by atoms with van der Waals surface area (Å²) in [5, 5.41) is 0. The second kappa shape index (κ2) is 4.62. The second-order valence-corrected chi connectivity index (χ2v) is 5.82. The van der Waals surface area contributed by atoms with Crippen molar-refractivity contribution in [3.63, 3.8) is 0 Å². The third-order valence-electron chi connectivity index (χ3n) is 4.47. The lowest BCUT2D eigenvalue weighted by atomic mass is 9.79. The van der Waals surface area contributed by atoms with Crippen molar-refractivity contribution in [2.45, 2.75) is 25.0 Å². The van der Waals surface area contributed by atoms with Gasteiger partial charge in [0, 0.05) is 6.54 Å². The van der Waals surface area contributed by atoms with Gasteiger partial charge in [-0.1, -0.05) is 49.4 Å². The minimum atomic E-state index is -0.388. The molecular weight excluding hydrogens is 262 g/mol. The molecule has 106 valence electrons. The van der Waals surface area contributed by atoms with Gasteiger partial charge in [0.15, 0.2) is 0 Å². The van der Waals surface area contributed by atoms with E-state index >= 15 is 0 Å². The Hall–Kier alpha value is -2.29. The number of para-hydroxylation sites is 1. The van der Waals surface area contributed by atoms with Crippen LogP contribution in [0.2, 0.25) is 0 Å². The number of benzene rings is 2. The van der Waals surface area contributed by atoms with Crippen molar-refractivity contribution in [3.8, 4) is 5.75 Å². The maximum atomic E-state index is 12.4. The molecule has 0 spiro atoms. The average Bonchev–Trinajstić information content (AvgIpc) is 2.54. The fourth-order valence-electron chi connectivity index (χ4n) is 3.43. The van der Waals surface area contributed by atoms with Gasteiger partial charge in [0.05, 0.1) is 0 Å². The zero-order chi connectivity index (χ0) is 14.4. The van der Waals surface area contributed by atoms with E-state index in [4.69, 9.17) is 4.74 Å². The summed E-state index contributed by atoms with van der Waals surface area (Å²) in [5.74, 6) is 1.25. The fourth-order valence-corrected chi connectivity index (χ4v) is 3.43. The number of rotatable bonds is 2. The van der Waals surface area contributed by atoms with E-state index in [9.17, 15) is 4.79 Å². The Bertz CT molecular complexity index is 683. The van der Waals surface area contributed by atoms with Crippen LogP contribution in [0.3, 0.4) is 0 Å². The summed E-state index contributed by atoms with van der Waals surface area (Å²) in [6.07, 6.45) is -0.388. The van der Waals surface area contributed by atoms with Crippen LogP contribution in [-0.4, -0.2) is 23.5 Å². The lowest BCUT2D eigenvalue weighted by molar-refractivity contribution is -0.165. The number of β-lactam (4-membered cyclic amide) rings is 1. The Labute approximate surface area is 124 Å². The lowest BCUT2D eigenvalue weighted by Crippen LogP contribution is -2.63. The Balaban J connectivity index is 1.67. The van der Waals surface area contributed by atoms with Crippen molar-refractivity contribution in [2.75, 3.05) is 6.54 Å². The van der Waals surface area contributed by atoms with Crippen LogP contribution >= 0.6 is 0 Å². The topological polar surface area (TPSA) is 29.5 Å². The van der Waals surface area contributed by atoms with Crippen LogP contribution in [0.15, 0.2) is 54.6 Å². The van der Waals surface area contributed by atoms with Crippen LogP contribution in [0.25, 0.3) is 0 Å². The van der Waals surface area contributed by atoms with Crippen molar-refractivity contribution in [1.29, 1.82) is 0 Å². The molecule has 0 bridgehead atoms. The molecule has 2 heterocycles. The van der Waals surface area contributed by atoms with Crippen molar-refractivity contribution in [3.05, 3.63) is 65.7 Å². The molecule has 3 heteroatoms. The minimum Gasteiger partial charge on any atom is -0.478 e. The van der Waals surface area contributed by atoms with Crippen molar-refractivity contribution >= 4 is 5.91 Å². The first kappa shape index (κ1) is 12.5. The molecule has 0 aliphatic carbocycles. The first-order valence-corrected chi connectivity index (χ1v) is 7.36. The van der Waals surface area contributed by atoms with E-state index in [0.717, 1.165) is 12.3 Å². The van der Waals surface area contributed by atoms with Crippen molar-refractivity contribution in [2.24, 2.45) is 0 Å². The third-order valence-corrected chi connectivity index (χ3v) is 4.47. The Morgan fingerprint density at radius 3 is 2.43 bits per heavy atom. The number of hydrogen-bond acceptors (Lipinski definition) is 2. The van der Waals surface area contributed by atoms with Gasteiger partial charge in [0.25, 0.3) is 5.91 Å².